The minimum Gasteiger partial charge on any atom is -0.539 e. The third-order valence-electron chi connectivity index (χ3n) is 5.02. The van der Waals surface area contributed by atoms with Crippen LogP contribution < -0.4 is 9.67 Å². The number of hydrogen-bond acceptors (Lipinski definition) is 2. The van der Waals surface area contributed by atoms with Crippen LogP contribution in [0.1, 0.15) is 21.6 Å². The third kappa shape index (κ3) is 3.81. The summed E-state index contributed by atoms with van der Waals surface area (Å²) in [5, 5.41) is 12.2. The molecule has 0 saturated heterocycles. The standard InChI is InChI=1S/C26H21NO2/c1-18-8-12-20(13-9-18)22-16-24(21-6-4-3-5-7-21)27(25(17-22)26(28)29)23-14-10-19(2)11-15-23/h3-17H,1-2H3. The van der Waals surface area contributed by atoms with Crippen LogP contribution in [-0.4, -0.2) is 5.97 Å². The first-order valence-corrected chi connectivity index (χ1v) is 9.54. The van der Waals surface area contributed by atoms with E-state index < -0.39 is 5.97 Å². The number of carboxylic acids is 1. The van der Waals surface area contributed by atoms with Crippen LogP contribution in [0.2, 0.25) is 0 Å². The molecule has 0 spiro atoms. The van der Waals surface area contributed by atoms with E-state index in [0.717, 1.165) is 39.2 Å². The second kappa shape index (κ2) is 7.72. The predicted octanol–water partition coefficient (Wildman–Crippen LogP) is 4.28. The maximum atomic E-state index is 12.2. The van der Waals surface area contributed by atoms with Gasteiger partial charge in [0.25, 0.3) is 0 Å². The number of nitrogens with zero attached hydrogens (tertiary/aromatic N) is 1. The molecule has 0 unspecified atom stereocenters. The fourth-order valence-corrected chi connectivity index (χ4v) is 3.45. The maximum Gasteiger partial charge on any atom is 0.235 e. The molecule has 0 bridgehead atoms. The Kier molecular flexibility index (Phi) is 4.96. The van der Waals surface area contributed by atoms with E-state index in [1.54, 1.807) is 10.6 Å². The summed E-state index contributed by atoms with van der Waals surface area (Å²) in [6, 6.07) is 29.4. The molecule has 0 fully saturated rings. The van der Waals surface area contributed by atoms with Gasteiger partial charge < -0.3 is 9.90 Å². The van der Waals surface area contributed by atoms with E-state index in [-0.39, 0.29) is 5.69 Å². The van der Waals surface area contributed by atoms with Crippen molar-refractivity contribution in [3.05, 3.63) is 108 Å². The Bertz CT molecular complexity index is 1160. The number of benzene rings is 3. The molecular formula is C26H21NO2. The van der Waals surface area contributed by atoms with Gasteiger partial charge in [-0.3, -0.25) is 0 Å². The lowest BCUT2D eigenvalue weighted by atomic mass is 10.00. The summed E-state index contributed by atoms with van der Waals surface area (Å²) in [4.78, 5) is 12.2. The van der Waals surface area contributed by atoms with Crippen molar-refractivity contribution in [2.45, 2.75) is 13.8 Å². The lowest BCUT2D eigenvalue weighted by Crippen LogP contribution is -2.44. The molecule has 1 aromatic heterocycles. The van der Waals surface area contributed by atoms with Crippen LogP contribution in [-0.2, 0) is 0 Å². The zero-order valence-corrected chi connectivity index (χ0v) is 16.4. The summed E-state index contributed by atoms with van der Waals surface area (Å²) in [7, 11) is 0. The molecular weight excluding hydrogens is 358 g/mol. The first-order chi connectivity index (χ1) is 14.0. The molecule has 0 amide bonds. The SMILES string of the molecule is Cc1ccc(-c2cc(C(=O)[O-])[n+](-c3ccc(C)cc3)c(-c3ccccc3)c2)cc1. The summed E-state index contributed by atoms with van der Waals surface area (Å²) in [6.07, 6.45) is 0. The largest absolute Gasteiger partial charge is 0.539 e. The Hall–Kier alpha value is -3.72. The lowest BCUT2D eigenvalue weighted by Gasteiger charge is -2.13. The number of carboxylic acid groups (broad SMARTS) is 1. The van der Waals surface area contributed by atoms with Crippen molar-refractivity contribution in [3.8, 4) is 28.1 Å². The fraction of sp³-hybridized carbons (Fsp3) is 0.0769. The summed E-state index contributed by atoms with van der Waals surface area (Å²) in [5.74, 6) is -1.21. The molecule has 3 heteroatoms. The number of aryl methyl sites for hydroxylation is 2. The van der Waals surface area contributed by atoms with Gasteiger partial charge in [-0.05, 0) is 37.1 Å². The van der Waals surface area contributed by atoms with Gasteiger partial charge >= 0.3 is 0 Å². The smallest absolute Gasteiger partial charge is 0.235 e. The van der Waals surface area contributed by atoms with Gasteiger partial charge in [-0.25, -0.2) is 0 Å². The quantitative estimate of drug-likeness (QED) is 0.497. The monoisotopic (exact) mass is 379 g/mol. The van der Waals surface area contributed by atoms with Gasteiger partial charge in [0.05, 0.1) is 0 Å². The van der Waals surface area contributed by atoms with Crippen LogP contribution in [0, 0.1) is 13.8 Å². The predicted molar refractivity (Wildman–Crippen MR) is 113 cm³/mol. The Balaban J connectivity index is 2.04. The van der Waals surface area contributed by atoms with Crippen LogP contribution in [0.15, 0.2) is 91.0 Å². The van der Waals surface area contributed by atoms with Crippen molar-refractivity contribution in [2.24, 2.45) is 0 Å². The van der Waals surface area contributed by atoms with Crippen molar-refractivity contribution in [1.29, 1.82) is 0 Å². The number of hydrogen-bond donors (Lipinski definition) is 0. The Morgan fingerprint density at radius 3 is 1.86 bits per heavy atom. The van der Waals surface area contributed by atoms with Crippen LogP contribution in [0.3, 0.4) is 0 Å². The highest BCUT2D eigenvalue weighted by molar-refractivity contribution is 5.85. The number of carbonyl (C=O) groups is 1. The summed E-state index contributed by atoms with van der Waals surface area (Å²) >= 11 is 0. The van der Waals surface area contributed by atoms with Crippen LogP contribution >= 0.6 is 0 Å². The van der Waals surface area contributed by atoms with Gasteiger partial charge in [0.1, 0.15) is 5.97 Å². The van der Waals surface area contributed by atoms with E-state index in [1.807, 2.05) is 98.8 Å². The molecule has 0 saturated carbocycles. The highest BCUT2D eigenvalue weighted by Crippen LogP contribution is 2.27. The zero-order valence-electron chi connectivity index (χ0n) is 16.4. The molecule has 3 nitrogen and oxygen atoms in total. The maximum absolute atomic E-state index is 12.2. The van der Waals surface area contributed by atoms with Crippen molar-refractivity contribution < 1.29 is 14.5 Å². The molecule has 29 heavy (non-hydrogen) atoms. The third-order valence-corrected chi connectivity index (χ3v) is 5.02. The number of aromatic nitrogens is 1. The highest BCUT2D eigenvalue weighted by Gasteiger charge is 2.24. The van der Waals surface area contributed by atoms with E-state index in [4.69, 9.17) is 0 Å². The van der Waals surface area contributed by atoms with Crippen molar-refractivity contribution >= 4 is 5.97 Å². The topological polar surface area (TPSA) is 44.0 Å². The highest BCUT2D eigenvalue weighted by atomic mass is 16.4. The molecule has 0 radical (unpaired) electrons. The van der Waals surface area contributed by atoms with E-state index in [1.165, 1.54) is 0 Å². The Morgan fingerprint density at radius 1 is 0.690 bits per heavy atom. The van der Waals surface area contributed by atoms with Gasteiger partial charge in [-0.15, -0.1) is 0 Å². The average Bonchev–Trinajstić information content (AvgIpc) is 2.74. The Morgan fingerprint density at radius 2 is 1.28 bits per heavy atom. The first-order valence-electron chi connectivity index (χ1n) is 9.54. The van der Waals surface area contributed by atoms with Gasteiger partial charge in [-0.2, -0.15) is 4.57 Å². The molecule has 3 aromatic carbocycles. The molecule has 0 aliphatic carbocycles. The second-order valence-electron chi connectivity index (χ2n) is 7.20. The number of pyridine rings is 1. The van der Waals surface area contributed by atoms with Gasteiger partial charge in [0, 0.05) is 29.8 Å². The summed E-state index contributed by atoms with van der Waals surface area (Å²) in [5.41, 5.74) is 6.70. The molecule has 1 heterocycles. The van der Waals surface area contributed by atoms with Crippen LogP contribution in [0.4, 0.5) is 0 Å². The van der Waals surface area contributed by atoms with Gasteiger partial charge in [0.15, 0.2) is 0 Å². The summed E-state index contributed by atoms with van der Waals surface area (Å²) < 4.78 is 1.75. The van der Waals surface area contributed by atoms with E-state index >= 15 is 0 Å². The molecule has 142 valence electrons. The summed E-state index contributed by atoms with van der Waals surface area (Å²) in [6.45, 7) is 4.04. The van der Waals surface area contributed by atoms with E-state index in [0.29, 0.717) is 0 Å². The minimum atomic E-state index is -1.21. The molecule has 4 aromatic rings. The van der Waals surface area contributed by atoms with Gasteiger partial charge in [0.2, 0.25) is 17.1 Å². The number of aromatic carboxylic acids is 1. The van der Waals surface area contributed by atoms with Crippen molar-refractivity contribution in [2.75, 3.05) is 0 Å². The Labute approximate surface area is 170 Å². The van der Waals surface area contributed by atoms with E-state index in [9.17, 15) is 9.90 Å². The zero-order chi connectivity index (χ0) is 20.4. The lowest BCUT2D eigenvalue weighted by molar-refractivity contribution is -0.590. The molecule has 4 rings (SSSR count). The number of rotatable bonds is 4. The van der Waals surface area contributed by atoms with E-state index in [2.05, 4.69) is 0 Å². The fourth-order valence-electron chi connectivity index (χ4n) is 3.45. The first kappa shape index (κ1) is 18.6. The minimum absolute atomic E-state index is 0.116. The second-order valence-corrected chi connectivity index (χ2v) is 7.20. The molecule has 0 atom stereocenters. The van der Waals surface area contributed by atoms with Gasteiger partial charge in [-0.1, -0.05) is 65.7 Å². The average molecular weight is 379 g/mol. The van der Waals surface area contributed by atoms with Crippen molar-refractivity contribution in [1.82, 2.24) is 0 Å². The molecule has 0 aliphatic rings. The van der Waals surface area contributed by atoms with Crippen LogP contribution in [0.5, 0.6) is 0 Å². The molecule has 0 aliphatic heterocycles. The number of carbonyl (C=O) groups excluding carboxylic acids is 1. The van der Waals surface area contributed by atoms with Crippen LogP contribution in [0.25, 0.3) is 28.1 Å². The molecule has 0 N–H and O–H groups in total. The normalized spacial score (nSPS) is 10.7. The van der Waals surface area contributed by atoms with Crippen molar-refractivity contribution in [3.63, 3.8) is 0 Å².